The largest absolute Gasteiger partial charge is 0.465 e. The van der Waals surface area contributed by atoms with Crippen molar-refractivity contribution < 1.29 is 19.1 Å². The highest BCUT2D eigenvalue weighted by molar-refractivity contribution is 6.30. The van der Waals surface area contributed by atoms with Crippen LogP contribution in [-0.4, -0.2) is 18.5 Å². The lowest BCUT2D eigenvalue weighted by molar-refractivity contribution is -0.174. The number of rotatable bonds is 19. The number of halogens is 1. The maximum Gasteiger partial charge on any atom is 0.323 e. The van der Waals surface area contributed by atoms with Crippen molar-refractivity contribution in [2.45, 2.75) is 117 Å². The van der Waals surface area contributed by atoms with Gasteiger partial charge in [0.2, 0.25) is 0 Å². The molecule has 0 bridgehead atoms. The molecule has 0 spiro atoms. The van der Waals surface area contributed by atoms with Crippen LogP contribution in [0.1, 0.15) is 116 Å². The highest BCUT2D eigenvalue weighted by atomic mass is 35.5. The lowest BCUT2D eigenvalue weighted by atomic mass is 9.82. The van der Waals surface area contributed by atoms with Gasteiger partial charge in [-0.15, -0.1) is 0 Å². The quantitative estimate of drug-likeness (QED) is 0.113. The molecular formula is C28H45ClO4. The number of hydrogen-bond donors (Lipinski definition) is 0. The molecule has 5 heteroatoms. The minimum Gasteiger partial charge on any atom is -0.465 e. The van der Waals surface area contributed by atoms with Crippen LogP contribution in [0.3, 0.4) is 0 Å². The fraction of sp³-hybridized carbons (Fsp3) is 0.714. The summed E-state index contributed by atoms with van der Waals surface area (Å²) in [4.78, 5) is 25.6. The summed E-state index contributed by atoms with van der Waals surface area (Å²) in [7, 11) is 0. The first-order valence-corrected chi connectivity index (χ1v) is 13.5. The molecule has 0 saturated carbocycles. The van der Waals surface area contributed by atoms with E-state index in [0.717, 1.165) is 18.4 Å². The van der Waals surface area contributed by atoms with Gasteiger partial charge < -0.3 is 9.47 Å². The molecule has 0 amide bonds. The Morgan fingerprint density at radius 3 is 1.79 bits per heavy atom. The van der Waals surface area contributed by atoms with Crippen molar-refractivity contribution in [2.75, 3.05) is 6.61 Å². The van der Waals surface area contributed by atoms with Gasteiger partial charge in [-0.25, -0.2) is 0 Å². The van der Waals surface area contributed by atoms with E-state index in [2.05, 4.69) is 6.92 Å². The molecule has 0 N–H and O–H groups in total. The molecule has 0 aromatic heterocycles. The van der Waals surface area contributed by atoms with E-state index in [4.69, 9.17) is 21.1 Å². The average molecular weight is 481 g/mol. The van der Waals surface area contributed by atoms with Crippen LogP contribution in [0.15, 0.2) is 24.3 Å². The van der Waals surface area contributed by atoms with Crippen molar-refractivity contribution in [1.29, 1.82) is 0 Å². The van der Waals surface area contributed by atoms with E-state index < -0.39 is 17.4 Å². The Kier molecular flexibility index (Phi) is 16.0. The molecule has 0 saturated heterocycles. The van der Waals surface area contributed by atoms with Gasteiger partial charge in [0.05, 0.1) is 6.61 Å². The number of unbranched alkanes of at least 4 members (excludes halogenated alkanes) is 11. The third-order valence-electron chi connectivity index (χ3n) is 6.48. The Bertz CT molecular complexity index is 670. The van der Waals surface area contributed by atoms with Gasteiger partial charge in [0.15, 0.2) is 5.41 Å². The van der Waals surface area contributed by atoms with Crippen molar-refractivity contribution in [2.24, 2.45) is 5.41 Å². The van der Waals surface area contributed by atoms with Crippen LogP contribution in [0.5, 0.6) is 0 Å². The van der Waals surface area contributed by atoms with Crippen molar-refractivity contribution in [3.63, 3.8) is 0 Å². The van der Waals surface area contributed by atoms with Gasteiger partial charge in [0.25, 0.3) is 0 Å². The zero-order valence-electron chi connectivity index (χ0n) is 21.1. The lowest BCUT2D eigenvalue weighted by Crippen LogP contribution is -2.41. The van der Waals surface area contributed by atoms with E-state index in [1.165, 1.54) is 64.2 Å². The summed E-state index contributed by atoms with van der Waals surface area (Å²) >= 11 is 5.99. The number of ether oxygens (including phenoxy) is 2. The first-order valence-electron chi connectivity index (χ1n) is 13.1. The summed E-state index contributed by atoms with van der Waals surface area (Å²) in [5.41, 5.74) is -0.447. The summed E-state index contributed by atoms with van der Waals surface area (Å²) < 4.78 is 11.0. The molecule has 4 nitrogen and oxygen atoms in total. The van der Waals surface area contributed by atoms with E-state index in [1.807, 2.05) is 19.9 Å². The van der Waals surface area contributed by atoms with E-state index in [0.29, 0.717) is 24.5 Å². The minimum atomic E-state index is -1.24. The molecule has 1 rings (SSSR count). The molecular weight excluding hydrogens is 436 g/mol. The molecule has 0 aliphatic carbocycles. The Morgan fingerprint density at radius 1 is 0.758 bits per heavy atom. The maximum atomic E-state index is 12.8. The lowest BCUT2D eigenvalue weighted by Gasteiger charge is -2.27. The molecule has 0 aliphatic rings. The number of carbonyl (C=O) groups is 2. The first-order chi connectivity index (χ1) is 16.0. The molecule has 0 fully saturated rings. The topological polar surface area (TPSA) is 52.6 Å². The average Bonchev–Trinajstić information content (AvgIpc) is 2.82. The first kappa shape index (κ1) is 29.5. The third-order valence-corrected chi connectivity index (χ3v) is 6.71. The highest BCUT2D eigenvalue weighted by Gasteiger charge is 2.45. The van der Waals surface area contributed by atoms with Gasteiger partial charge in [0, 0.05) is 5.02 Å². The van der Waals surface area contributed by atoms with Crippen LogP contribution in [-0.2, 0) is 25.7 Å². The second-order valence-corrected chi connectivity index (χ2v) is 9.46. The van der Waals surface area contributed by atoms with Crippen molar-refractivity contribution in [3.8, 4) is 0 Å². The molecule has 0 aliphatic heterocycles. The zero-order chi connectivity index (χ0) is 24.4. The van der Waals surface area contributed by atoms with Crippen LogP contribution in [0.2, 0.25) is 5.02 Å². The molecule has 0 radical (unpaired) electrons. The Balaban J connectivity index is 2.25. The number of hydrogen-bond acceptors (Lipinski definition) is 4. The molecule has 1 aromatic rings. The van der Waals surface area contributed by atoms with Gasteiger partial charge in [-0.2, -0.15) is 0 Å². The maximum absolute atomic E-state index is 12.8. The van der Waals surface area contributed by atoms with E-state index in [9.17, 15) is 9.59 Å². The summed E-state index contributed by atoms with van der Waals surface area (Å²) in [5.74, 6) is -0.987. The van der Waals surface area contributed by atoms with Gasteiger partial charge in [-0.1, -0.05) is 115 Å². The zero-order valence-corrected chi connectivity index (χ0v) is 21.9. The smallest absolute Gasteiger partial charge is 0.323 e. The summed E-state index contributed by atoms with van der Waals surface area (Å²) in [5, 5.41) is 0.586. The highest BCUT2D eigenvalue weighted by Crippen LogP contribution is 2.31. The SMILES string of the molecule is CCCCCCCCCCCCCCOC(=O)C(CC)(CC)C(=O)OCc1cccc(Cl)c1. The van der Waals surface area contributed by atoms with Crippen LogP contribution in [0.25, 0.3) is 0 Å². The molecule has 1 aromatic carbocycles. The molecule has 0 unspecified atom stereocenters. The predicted octanol–water partition coefficient (Wildman–Crippen LogP) is 8.43. The van der Waals surface area contributed by atoms with Gasteiger partial charge in [-0.05, 0) is 37.0 Å². The summed E-state index contributed by atoms with van der Waals surface area (Å²) in [6.45, 7) is 6.36. The molecule has 0 atom stereocenters. The standard InChI is InChI=1S/C28H45ClO4/c1-4-7-8-9-10-11-12-13-14-15-16-17-21-32-26(30)28(5-2,6-3)27(31)33-23-24-19-18-20-25(29)22-24/h18-20,22H,4-17,21,23H2,1-3H3. The molecule has 188 valence electrons. The van der Waals surface area contributed by atoms with E-state index >= 15 is 0 Å². The van der Waals surface area contributed by atoms with Gasteiger partial charge >= 0.3 is 11.9 Å². The Hall–Kier alpha value is -1.55. The van der Waals surface area contributed by atoms with Crippen LogP contribution in [0.4, 0.5) is 0 Å². The molecule has 33 heavy (non-hydrogen) atoms. The van der Waals surface area contributed by atoms with Crippen LogP contribution < -0.4 is 0 Å². The van der Waals surface area contributed by atoms with Crippen molar-refractivity contribution in [3.05, 3.63) is 34.9 Å². The van der Waals surface area contributed by atoms with Crippen molar-refractivity contribution >= 4 is 23.5 Å². The normalized spacial score (nSPS) is 11.4. The summed E-state index contributed by atoms with van der Waals surface area (Å²) in [6, 6.07) is 7.16. The van der Waals surface area contributed by atoms with Crippen LogP contribution >= 0.6 is 11.6 Å². The third kappa shape index (κ3) is 11.4. The Morgan fingerprint density at radius 2 is 1.27 bits per heavy atom. The Labute approximate surface area is 206 Å². The van der Waals surface area contributed by atoms with Crippen molar-refractivity contribution in [1.82, 2.24) is 0 Å². The fourth-order valence-corrected chi connectivity index (χ4v) is 4.28. The number of carbonyl (C=O) groups excluding carboxylic acids is 2. The second-order valence-electron chi connectivity index (χ2n) is 9.02. The molecule has 0 heterocycles. The number of esters is 2. The second kappa shape index (κ2) is 17.9. The van der Waals surface area contributed by atoms with Gasteiger partial charge in [-0.3, -0.25) is 9.59 Å². The van der Waals surface area contributed by atoms with Gasteiger partial charge in [0.1, 0.15) is 6.61 Å². The summed E-state index contributed by atoms with van der Waals surface area (Å²) in [6.07, 6.45) is 15.8. The minimum absolute atomic E-state index is 0.0904. The van der Waals surface area contributed by atoms with Crippen LogP contribution in [0, 0.1) is 5.41 Å². The monoisotopic (exact) mass is 480 g/mol. The van der Waals surface area contributed by atoms with E-state index in [1.54, 1.807) is 18.2 Å². The number of benzene rings is 1. The van der Waals surface area contributed by atoms with E-state index in [-0.39, 0.29) is 6.61 Å². The fourth-order valence-electron chi connectivity index (χ4n) is 4.07. The predicted molar refractivity (Wildman–Crippen MR) is 136 cm³/mol.